The number of benzene rings is 1. The molecule has 1 aliphatic heterocycles. The quantitative estimate of drug-likeness (QED) is 0.837. The Morgan fingerprint density at radius 1 is 1.05 bits per heavy atom. The summed E-state index contributed by atoms with van der Waals surface area (Å²) in [6.45, 7) is 10.6. The summed E-state index contributed by atoms with van der Waals surface area (Å²) in [6, 6.07) is 11.4. The number of likely N-dealkylation sites (tertiary alicyclic amines) is 1. The maximum atomic E-state index is 8.95. The first-order valence-corrected chi connectivity index (χ1v) is 8.79. The first kappa shape index (κ1) is 20.1. The molecule has 1 fully saturated rings. The van der Waals surface area contributed by atoms with E-state index in [0.717, 1.165) is 19.4 Å². The van der Waals surface area contributed by atoms with Gasteiger partial charge in [-0.25, -0.2) is 0 Å². The van der Waals surface area contributed by atoms with Gasteiger partial charge in [-0.05, 0) is 37.8 Å². The van der Waals surface area contributed by atoms with E-state index in [0.29, 0.717) is 12.6 Å². The van der Waals surface area contributed by atoms with E-state index < -0.39 is 0 Å². The van der Waals surface area contributed by atoms with Gasteiger partial charge in [0.2, 0.25) is 0 Å². The molecular weight excluding hydrogens is 258 g/mol. The molecule has 1 saturated heterocycles. The van der Waals surface area contributed by atoms with Gasteiger partial charge in [0.25, 0.3) is 0 Å². The fraction of sp³-hybridized carbons (Fsp3) is 0.684. The molecule has 2 heteroatoms. The molecule has 2 rings (SSSR count). The van der Waals surface area contributed by atoms with Gasteiger partial charge in [-0.2, -0.15) is 0 Å². The van der Waals surface area contributed by atoms with Gasteiger partial charge in [0.1, 0.15) is 0 Å². The highest BCUT2D eigenvalue weighted by atomic mass is 16.2. The zero-order valence-corrected chi connectivity index (χ0v) is 14.5. The van der Waals surface area contributed by atoms with E-state index in [4.69, 9.17) is 5.11 Å². The van der Waals surface area contributed by atoms with E-state index in [1.807, 2.05) is 27.7 Å². The Bertz CT molecular complexity index is 313. The second kappa shape index (κ2) is 14.1. The smallest absolute Gasteiger partial charge is 0.0431 e. The highest BCUT2D eigenvalue weighted by Gasteiger charge is 2.21. The average molecular weight is 293 g/mol. The minimum atomic E-state index is 0.329. The summed E-state index contributed by atoms with van der Waals surface area (Å²) in [5, 5.41) is 8.95. The molecule has 2 nitrogen and oxygen atoms in total. The molecule has 1 aliphatic rings. The molecule has 1 aromatic carbocycles. The van der Waals surface area contributed by atoms with Gasteiger partial charge in [-0.1, -0.05) is 64.4 Å². The van der Waals surface area contributed by atoms with Gasteiger partial charge in [0.15, 0.2) is 0 Å². The monoisotopic (exact) mass is 293 g/mol. The summed E-state index contributed by atoms with van der Waals surface area (Å²) in [6.07, 6.45) is 6.05. The Morgan fingerprint density at radius 2 is 1.71 bits per heavy atom. The van der Waals surface area contributed by atoms with Crippen molar-refractivity contribution in [2.45, 2.75) is 72.4 Å². The average Bonchev–Trinajstić information content (AvgIpc) is 2.59. The maximum Gasteiger partial charge on any atom is 0.0431 e. The second-order valence-corrected chi connectivity index (χ2v) is 4.97. The van der Waals surface area contributed by atoms with Crippen molar-refractivity contribution in [2.24, 2.45) is 0 Å². The van der Waals surface area contributed by atoms with Crippen LogP contribution in [0.1, 0.15) is 65.4 Å². The third-order valence-corrected chi connectivity index (χ3v) is 3.67. The predicted octanol–water partition coefficient (Wildman–Crippen LogP) is 4.87. The molecule has 1 N–H and O–H groups in total. The van der Waals surface area contributed by atoms with Gasteiger partial charge < -0.3 is 5.11 Å². The number of nitrogens with zero attached hydrogens (tertiary/aromatic N) is 1. The Labute approximate surface area is 132 Å². The molecule has 0 aliphatic carbocycles. The molecule has 0 amide bonds. The standard InChI is InChI=1S/C15H23NO.2C2H6/c17-12-6-10-15-9-4-5-11-16(15)13-14-7-2-1-3-8-14;2*1-2/h1-3,7-8,15,17H,4-6,9-13H2;2*1-2H3. The molecule has 0 bridgehead atoms. The molecule has 0 radical (unpaired) electrons. The van der Waals surface area contributed by atoms with E-state index >= 15 is 0 Å². The van der Waals surface area contributed by atoms with Crippen LogP contribution in [-0.4, -0.2) is 29.2 Å². The fourth-order valence-electron chi connectivity index (χ4n) is 2.74. The SMILES string of the molecule is CC.CC.OCCCC1CCCCN1Cc1ccccc1. The Kier molecular flexibility index (Phi) is 13.5. The fourth-order valence-corrected chi connectivity index (χ4v) is 2.74. The third kappa shape index (κ3) is 8.23. The van der Waals surface area contributed by atoms with Gasteiger partial charge in [0.05, 0.1) is 0 Å². The zero-order chi connectivity index (χ0) is 15.9. The lowest BCUT2D eigenvalue weighted by Gasteiger charge is -2.35. The summed E-state index contributed by atoms with van der Waals surface area (Å²) >= 11 is 0. The maximum absolute atomic E-state index is 8.95. The lowest BCUT2D eigenvalue weighted by atomic mass is 9.97. The van der Waals surface area contributed by atoms with Gasteiger partial charge in [-0.3, -0.25) is 4.90 Å². The van der Waals surface area contributed by atoms with Crippen LogP contribution in [0.5, 0.6) is 0 Å². The molecule has 0 saturated carbocycles. The van der Waals surface area contributed by atoms with Crippen LogP contribution in [0.3, 0.4) is 0 Å². The highest BCUT2D eigenvalue weighted by Crippen LogP contribution is 2.22. The predicted molar refractivity (Wildman–Crippen MR) is 93.5 cm³/mol. The summed E-state index contributed by atoms with van der Waals surface area (Å²) in [5.74, 6) is 0. The molecule has 21 heavy (non-hydrogen) atoms. The molecule has 1 atom stereocenters. The normalized spacial score (nSPS) is 18.0. The van der Waals surface area contributed by atoms with Crippen molar-refractivity contribution in [3.8, 4) is 0 Å². The van der Waals surface area contributed by atoms with E-state index in [1.165, 1.54) is 31.4 Å². The van der Waals surface area contributed by atoms with Crippen LogP contribution in [0.25, 0.3) is 0 Å². The lowest BCUT2D eigenvalue weighted by molar-refractivity contribution is 0.124. The van der Waals surface area contributed by atoms with Crippen molar-refractivity contribution in [3.63, 3.8) is 0 Å². The second-order valence-electron chi connectivity index (χ2n) is 4.97. The topological polar surface area (TPSA) is 23.5 Å². The number of hydrogen-bond donors (Lipinski definition) is 1. The summed E-state index contributed by atoms with van der Waals surface area (Å²) in [5.41, 5.74) is 1.41. The summed E-state index contributed by atoms with van der Waals surface area (Å²) in [4.78, 5) is 2.59. The number of piperidine rings is 1. The molecule has 122 valence electrons. The summed E-state index contributed by atoms with van der Waals surface area (Å²) < 4.78 is 0. The Morgan fingerprint density at radius 3 is 2.33 bits per heavy atom. The van der Waals surface area contributed by atoms with E-state index in [-0.39, 0.29) is 0 Å². The van der Waals surface area contributed by atoms with Crippen LogP contribution in [0.2, 0.25) is 0 Å². The van der Waals surface area contributed by atoms with Crippen LogP contribution in [0.15, 0.2) is 30.3 Å². The minimum absolute atomic E-state index is 0.329. The van der Waals surface area contributed by atoms with Crippen molar-refractivity contribution < 1.29 is 5.11 Å². The zero-order valence-electron chi connectivity index (χ0n) is 14.5. The van der Waals surface area contributed by atoms with E-state index in [2.05, 4.69) is 35.2 Å². The van der Waals surface area contributed by atoms with Crippen molar-refractivity contribution in [2.75, 3.05) is 13.2 Å². The lowest BCUT2D eigenvalue weighted by Crippen LogP contribution is -2.39. The van der Waals surface area contributed by atoms with Crippen molar-refractivity contribution in [3.05, 3.63) is 35.9 Å². The largest absolute Gasteiger partial charge is 0.396 e. The van der Waals surface area contributed by atoms with Gasteiger partial charge in [-0.15, -0.1) is 0 Å². The molecule has 0 aromatic heterocycles. The van der Waals surface area contributed by atoms with Crippen molar-refractivity contribution >= 4 is 0 Å². The first-order chi connectivity index (χ1) is 10.4. The molecule has 1 heterocycles. The first-order valence-electron chi connectivity index (χ1n) is 8.79. The van der Waals surface area contributed by atoms with Crippen LogP contribution >= 0.6 is 0 Å². The van der Waals surface area contributed by atoms with Gasteiger partial charge in [0, 0.05) is 19.2 Å². The van der Waals surface area contributed by atoms with Crippen molar-refractivity contribution in [1.29, 1.82) is 0 Å². The third-order valence-electron chi connectivity index (χ3n) is 3.67. The Balaban J connectivity index is 0.000000921. The molecule has 1 aromatic rings. The number of aliphatic hydroxyl groups is 1. The van der Waals surface area contributed by atoms with Crippen LogP contribution in [0, 0.1) is 0 Å². The molecular formula is C19H35NO. The minimum Gasteiger partial charge on any atom is -0.396 e. The molecule has 0 spiro atoms. The van der Waals surface area contributed by atoms with E-state index in [9.17, 15) is 0 Å². The van der Waals surface area contributed by atoms with Crippen molar-refractivity contribution in [1.82, 2.24) is 4.90 Å². The number of rotatable bonds is 5. The van der Waals surface area contributed by atoms with E-state index in [1.54, 1.807) is 0 Å². The van der Waals surface area contributed by atoms with Gasteiger partial charge >= 0.3 is 0 Å². The van der Waals surface area contributed by atoms with Crippen LogP contribution in [-0.2, 0) is 6.54 Å². The number of aliphatic hydroxyl groups excluding tert-OH is 1. The van der Waals surface area contributed by atoms with Crippen LogP contribution < -0.4 is 0 Å². The Hall–Kier alpha value is -0.860. The highest BCUT2D eigenvalue weighted by molar-refractivity contribution is 5.14. The summed E-state index contributed by atoms with van der Waals surface area (Å²) in [7, 11) is 0. The molecule has 1 unspecified atom stereocenters. The van der Waals surface area contributed by atoms with Crippen LogP contribution in [0.4, 0.5) is 0 Å². The number of hydrogen-bond acceptors (Lipinski definition) is 2.